The van der Waals surface area contributed by atoms with E-state index in [1.165, 1.54) is 0 Å². The van der Waals surface area contributed by atoms with Crippen molar-refractivity contribution in [3.05, 3.63) is 66.6 Å². The number of hydrogen-bond acceptors (Lipinski definition) is 4. The highest BCUT2D eigenvalue weighted by molar-refractivity contribution is 5.77. The van der Waals surface area contributed by atoms with Gasteiger partial charge in [0.05, 0.1) is 12.2 Å². The Morgan fingerprint density at radius 3 is 2.73 bits per heavy atom. The lowest BCUT2D eigenvalue weighted by Gasteiger charge is -2.29. The summed E-state index contributed by atoms with van der Waals surface area (Å²) >= 11 is 0. The highest BCUT2D eigenvalue weighted by Crippen LogP contribution is 2.34. The second-order valence-electron chi connectivity index (χ2n) is 6.66. The Morgan fingerprint density at radius 1 is 1.23 bits per heavy atom. The summed E-state index contributed by atoms with van der Waals surface area (Å²) in [5, 5.41) is 8.33. The molecule has 2 heterocycles. The highest BCUT2D eigenvalue weighted by atomic mass is 16.2. The summed E-state index contributed by atoms with van der Waals surface area (Å²) in [6.07, 6.45) is 7.52. The SMILES string of the molecule is CC(c1cccnc1)N(C(=O)Cn1cc(-c2ccccc2)nn1)C1CC1. The molecule has 132 valence electrons. The fraction of sp³-hybridized carbons (Fsp3) is 0.300. The van der Waals surface area contributed by atoms with E-state index in [0.29, 0.717) is 6.04 Å². The van der Waals surface area contributed by atoms with Crippen LogP contribution >= 0.6 is 0 Å². The fourth-order valence-electron chi connectivity index (χ4n) is 3.21. The summed E-state index contributed by atoms with van der Waals surface area (Å²) in [6.45, 7) is 2.25. The van der Waals surface area contributed by atoms with Crippen molar-refractivity contribution in [1.29, 1.82) is 0 Å². The van der Waals surface area contributed by atoms with E-state index in [1.54, 1.807) is 10.9 Å². The van der Waals surface area contributed by atoms with E-state index in [-0.39, 0.29) is 18.5 Å². The maximum atomic E-state index is 13.0. The molecule has 0 N–H and O–H groups in total. The zero-order valence-electron chi connectivity index (χ0n) is 14.7. The van der Waals surface area contributed by atoms with Gasteiger partial charge in [-0.05, 0) is 31.4 Å². The van der Waals surface area contributed by atoms with Gasteiger partial charge in [-0.2, -0.15) is 0 Å². The molecule has 3 aromatic rings. The van der Waals surface area contributed by atoms with Crippen LogP contribution in [-0.2, 0) is 11.3 Å². The summed E-state index contributed by atoms with van der Waals surface area (Å²) in [6, 6.07) is 14.1. The summed E-state index contributed by atoms with van der Waals surface area (Å²) in [5.41, 5.74) is 2.82. The number of hydrogen-bond donors (Lipinski definition) is 0. The molecule has 0 saturated heterocycles. The lowest BCUT2D eigenvalue weighted by molar-refractivity contribution is -0.135. The number of benzene rings is 1. The number of carbonyl (C=O) groups is 1. The molecular formula is C20H21N5O. The van der Waals surface area contributed by atoms with Crippen molar-refractivity contribution in [2.45, 2.75) is 38.4 Å². The largest absolute Gasteiger partial charge is 0.331 e. The van der Waals surface area contributed by atoms with Gasteiger partial charge in [-0.15, -0.1) is 5.10 Å². The van der Waals surface area contributed by atoms with Gasteiger partial charge in [-0.25, -0.2) is 4.68 Å². The first-order chi connectivity index (χ1) is 12.7. The van der Waals surface area contributed by atoms with Gasteiger partial charge in [0.2, 0.25) is 5.91 Å². The molecule has 1 atom stereocenters. The predicted octanol–water partition coefficient (Wildman–Crippen LogP) is 3.09. The second kappa shape index (κ2) is 7.07. The van der Waals surface area contributed by atoms with E-state index in [2.05, 4.69) is 22.2 Å². The van der Waals surface area contributed by atoms with E-state index in [9.17, 15) is 4.79 Å². The third kappa shape index (κ3) is 3.49. The van der Waals surface area contributed by atoms with Crippen LogP contribution in [0.3, 0.4) is 0 Å². The zero-order chi connectivity index (χ0) is 17.9. The smallest absolute Gasteiger partial charge is 0.245 e. The number of carbonyl (C=O) groups excluding carboxylic acids is 1. The molecule has 6 nitrogen and oxygen atoms in total. The zero-order valence-corrected chi connectivity index (χ0v) is 14.7. The topological polar surface area (TPSA) is 63.9 Å². The van der Waals surface area contributed by atoms with Crippen LogP contribution in [0.25, 0.3) is 11.3 Å². The average molecular weight is 347 g/mol. The molecule has 1 fully saturated rings. The van der Waals surface area contributed by atoms with Crippen LogP contribution in [0.15, 0.2) is 61.1 Å². The Labute approximate surface area is 152 Å². The van der Waals surface area contributed by atoms with E-state index in [4.69, 9.17) is 0 Å². The Bertz CT molecular complexity index is 873. The quantitative estimate of drug-likeness (QED) is 0.687. The second-order valence-corrected chi connectivity index (χ2v) is 6.66. The number of amides is 1. The third-order valence-corrected chi connectivity index (χ3v) is 4.72. The molecule has 1 aliphatic rings. The van der Waals surface area contributed by atoms with Gasteiger partial charge in [-0.1, -0.05) is 41.6 Å². The molecule has 2 aromatic heterocycles. The van der Waals surface area contributed by atoms with Crippen molar-refractivity contribution >= 4 is 5.91 Å². The Hall–Kier alpha value is -3.02. The predicted molar refractivity (Wildman–Crippen MR) is 98.0 cm³/mol. The Balaban J connectivity index is 1.50. The van der Waals surface area contributed by atoms with Crippen LogP contribution in [0.1, 0.15) is 31.4 Å². The van der Waals surface area contributed by atoms with Gasteiger partial charge in [0, 0.05) is 24.0 Å². The third-order valence-electron chi connectivity index (χ3n) is 4.72. The molecule has 4 rings (SSSR count). The van der Waals surface area contributed by atoms with E-state index < -0.39 is 0 Å². The molecule has 6 heteroatoms. The lowest BCUT2D eigenvalue weighted by Crippen LogP contribution is -2.38. The first-order valence-corrected chi connectivity index (χ1v) is 8.89. The molecule has 1 aromatic carbocycles. The van der Waals surface area contributed by atoms with Gasteiger partial charge in [0.15, 0.2) is 0 Å². The Kier molecular flexibility index (Phi) is 4.48. The van der Waals surface area contributed by atoms with Crippen molar-refractivity contribution in [2.24, 2.45) is 0 Å². The van der Waals surface area contributed by atoms with Crippen molar-refractivity contribution < 1.29 is 4.79 Å². The first-order valence-electron chi connectivity index (χ1n) is 8.89. The molecule has 1 aliphatic carbocycles. The summed E-state index contributed by atoms with van der Waals surface area (Å²) in [7, 11) is 0. The molecule has 1 saturated carbocycles. The van der Waals surface area contributed by atoms with E-state index >= 15 is 0 Å². The van der Waals surface area contributed by atoms with Crippen molar-refractivity contribution in [2.75, 3.05) is 0 Å². The van der Waals surface area contributed by atoms with Crippen molar-refractivity contribution in [3.63, 3.8) is 0 Å². The maximum Gasteiger partial charge on any atom is 0.245 e. The molecule has 1 unspecified atom stereocenters. The van der Waals surface area contributed by atoms with Gasteiger partial charge in [0.25, 0.3) is 0 Å². The van der Waals surface area contributed by atoms with E-state index in [1.807, 2.05) is 59.8 Å². The van der Waals surface area contributed by atoms with Crippen LogP contribution in [0.5, 0.6) is 0 Å². The number of aromatic nitrogens is 4. The standard InChI is InChI=1S/C20H21N5O/c1-15(17-8-5-11-21-12-17)25(18-9-10-18)20(26)14-24-13-19(22-23-24)16-6-3-2-4-7-16/h2-8,11-13,15,18H,9-10,14H2,1H3. The molecule has 0 bridgehead atoms. The van der Waals surface area contributed by atoms with E-state index in [0.717, 1.165) is 29.7 Å². The van der Waals surface area contributed by atoms with Gasteiger partial charge in [0.1, 0.15) is 12.2 Å². The minimum absolute atomic E-state index is 0.000755. The minimum Gasteiger partial charge on any atom is -0.331 e. The normalized spacial score (nSPS) is 14.8. The van der Waals surface area contributed by atoms with Gasteiger partial charge < -0.3 is 4.90 Å². The maximum absolute atomic E-state index is 13.0. The summed E-state index contributed by atoms with van der Waals surface area (Å²) < 4.78 is 1.62. The number of rotatable bonds is 6. The minimum atomic E-state index is 0.000755. The van der Waals surface area contributed by atoms with Crippen LogP contribution < -0.4 is 0 Å². The Morgan fingerprint density at radius 2 is 2.04 bits per heavy atom. The summed E-state index contributed by atoms with van der Waals surface area (Å²) in [5.74, 6) is 0.0633. The van der Waals surface area contributed by atoms with Gasteiger partial charge in [-0.3, -0.25) is 9.78 Å². The monoisotopic (exact) mass is 347 g/mol. The van der Waals surface area contributed by atoms with Crippen LogP contribution in [0, 0.1) is 0 Å². The van der Waals surface area contributed by atoms with Crippen molar-refractivity contribution in [3.8, 4) is 11.3 Å². The molecule has 0 spiro atoms. The molecule has 0 aliphatic heterocycles. The fourth-order valence-corrected chi connectivity index (χ4v) is 3.21. The summed E-state index contributed by atoms with van der Waals surface area (Å²) in [4.78, 5) is 19.1. The van der Waals surface area contributed by atoms with Crippen molar-refractivity contribution in [1.82, 2.24) is 24.9 Å². The number of nitrogens with zero attached hydrogens (tertiary/aromatic N) is 5. The van der Waals surface area contributed by atoms with Crippen LogP contribution in [-0.4, -0.2) is 36.8 Å². The molecule has 0 radical (unpaired) electrons. The number of pyridine rings is 1. The highest BCUT2D eigenvalue weighted by Gasteiger charge is 2.36. The van der Waals surface area contributed by atoms with Crippen LogP contribution in [0.2, 0.25) is 0 Å². The molecule has 1 amide bonds. The van der Waals surface area contributed by atoms with Gasteiger partial charge >= 0.3 is 0 Å². The lowest BCUT2D eigenvalue weighted by atomic mass is 10.1. The first kappa shape index (κ1) is 16.4. The average Bonchev–Trinajstić information content (AvgIpc) is 3.40. The molecule has 26 heavy (non-hydrogen) atoms. The van der Waals surface area contributed by atoms with Crippen LogP contribution in [0.4, 0.5) is 0 Å². The molecular weight excluding hydrogens is 326 g/mol.